The number of nitrogens with zero attached hydrogens (tertiary/aromatic N) is 6. The lowest BCUT2D eigenvalue weighted by Gasteiger charge is -2.34. The normalized spacial score (nSPS) is 15.1. The van der Waals surface area contributed by atoms with Crippen LogP contribution in [0, 0.1) is 0 Å². The molecule has 5 rings (SSSR count). The van der Waals surface area contributed by atoms with Crippen molar-refractivity contribution in [3.05, 3.63) is 65.7 Å². The second-order valence-corrected chi connectivity index (χ2v) is 8.72. The van der Waals surface area contributed by atoms with E-state index in [-0.39, 0.29) is 0 Å². The van der Waals surface area contributed by atoms with E-state index in [9.17, 15) is 13.2 Å². The van der Waals surface area contributed by atoms with Gasteiger partial charge in [0.05, 0.1) is 16.6 Å². The first-order valence-electron chi connectivity index (χ1n) is 11.5. The molecular weight excluding hydrogens is 455 g/mol. The van der Waals surface area contributed by atoms with Crippen LogP contribution in [-0.4, -0.2) is 57.4 Å². The van der Waals surface area contributed by atoms with Gasteiger partial charge in [-0.05, 0) is 24.1 Å². The molecule has 4 aromatic rings. The third-order valence-corrected chi connectivity index (χ3v) is 6.43. The second kappa shape index (κ2) is 9.18. The van der Waals surface area contributed by atoms with Crippen molar-refractivity contribution in [2.45, 2.75) is 12.6 Å². The maximum atomic E-state index is 13.1. The third kappa shape index (κ3) is 4.79. The molecule has 0 radical (unpaired) electrons. The first-order valence-corrected chi connectivity index (χ1v) is 11.5. The highest BCUT2D eigenvalue weighted by atomic mass is 19.4. The lowest BCUT2D eigenvalue weighted by molar-refractivity contribution is -0.137. The Kier molecular flexibility index (Phi) is 6.06. The van der Waals surface area contributed by atoms with Crippen LogP contribution < -0.4 is 10.6 Å². The molecule has 1 aliphatic heterocycles. The van der Waals surface area contributed by atoms with Crippen LogP contribution in [0.5, 0.6) is 0 Å². The van der Waals surface area contributed by atoms with E-state index >= 15 is 0 Å². The molecule has 1 aliphatic rings. The SMILES string of the molecule is Cn1nc2nc(N3CCN(CCc4ccccc4)CC3)nc(-c3ccc(C(F)(F)F)cc3)c2c1N. The number of nitrogen functional groups attached to an aromatic ring is 1. The number of nitrogens with two attached hydrogens (primary N) is 1. The molecule has 7 nitrogen and oxygen atoms in total. The number of rotatable bonds is 5. The fraction of sp³-hybridized carbons (Fsp3) is 0.320. The molecule has 3 heterocycles. The van der Waals surface area contributed by atoms with Gasteiger partial charge in [-0.1, -0.05) is 42.5 Å². The van der Waals surface area contributed by atoms with E-state index in [0.717, 1.165) is 51.3 Å². The zero-order chi connectivity index (χ0) is 24.6. The number of anilines is 2. The summed E-state index contributed by atoms with van der Waals surface area (Å²) in [5.41, 5.74) is 8.27. The maximum Gasteiger partial charge on any atom is 0.416 e. The smallest absolute Gasteiger partial charge is 0.383 e. The van der Waals surface area contributed by atoms with Gasteiger partial charge in [0, 0.05) is 45.3 Å². The van der Waals surface area contributed by atoms with E-state index in [0.29, 0.717) is 34.1 Å². The fourth-order valence-electron chi connectivity index (χ4n) is 4.37. The van der Waals surface area contributed by atoms with Crippen molar-refractivity contribution in [2.24, 2.45) is 7.05 Å². The molecule has 0 amide bonds. The van der Waals surface area contributed by atoms with Crippen molar-refractivity contribution >= 4 is 22.8 Å². The van der Waals surface area contributed by atoms with Crippen LogP contribution in [-0.2, 0) is 19.6 Å². The van der Waals surface area contributed by atoms with Crippen molar-refractivity contribution < 1.29 is 13.2 Å². The highest BCUT2D eigenvalue weighted by Gasteiger charge is 2.30. The summed E-state index contributed by atoms with van der Waals surface area (Å²) in [6.07, 6.45) is -3.41. The van der Waals surface area contributed by atoms with E-state index in [2.05, 4.69) is 44.1 Å². The highest BCUT2D eigenvalue weighted by Crippen LogP contribution is 2.34. The number of aryl methyl sites for hydroxylation is 1. The van der Waals surface area contributed by atoms with Gasteiger partial charge in [0.25, 0.3) is 0 Å². The summed E-state index contributed by atoms with van der Waals surface area (Å²) in [4.78, 5) is 13.9. The standard InChI is InChI=1S/C25H26F3N7/c1-33-22(29)20-21(18-7-9-19(10-8-18)25(26,27)28)30-24(31-23(20)32-33)35-15-13-34(14-16-35)12-11-17-5-3-2-4-6-17/h2-10H,11-16,29H2,1H3. The quantitative estimate of drug-likeness (QED) is 0.465. The first-order chi connectivity index (χ1) is 16.8. The number of piperazine rings is 1. The minimum atomic E-state index is -4.40. The molecule has 0 unspecified atom stereocenters. The molecule has 35 heavy (non-hydrogen) atoms. The van der Waals surface area contributed by atoms with Gasteiger partial charge < -0.3 is 10.6 Å². The predicted octanol–water partition coefficient (Wildman–Crippen LogP) is 4.00. The number of aromatic nitrogens is 4. The average Bonchev–Trinajstić information content (AvgIpc) is 3.16. The van der Waals surface area contributed by atoms with E-state index < -0.39 is 11.7 Å². The Morgan fingerprint density at radius 1 is 0.914 bits per heavy atom. The minimum Gasteiger partial charge on any atom is -0.383 e. The molecule has 1 saturated heterocycles. The molecule has 0 atom stereocenters. The molecule has 0 saturated carbocycles. The van der Waals surface area contributed by atoms with Crippen LogP contribution in [0.3, 0.4) is 0 Å². The van der Waals surface area contributed by atoms with E-state index in [1.54, 1.807) is 7.05 Å². The van der Waals surface area contributed by atoms with Crippen LogP contribution in [0.25, 0.3) is 22.3 Å². The van der Waals surface area contributed by atoms with Gasteiger partial charge in [0.1, 0.15) is 5.82 Å². The Bertz CT molecular complexity index is 1310. The van der Waals surface area contributed by atoms with Crippen LogP contribution >= 0.6 is 0 Å². The summed E-state index contributed by atoms with van der Waals surface area (Å²) in [7, 11) is 1.71. The summed E-state index contributed by atoms with van der Waals surface area (Å²) < 4.78 is 40.7. The fourth-order valence-corrected chi connectivity index (χ4v) is 4.37. The zero-order valence-corrected chi connectivity index (χ0v) is 19.3. The van der Waals surface area contributed by atoms with E-state index in [1.165, 1.54) is 22.4 Å². The summed E-state index contributed by atoms with van der Waals surface area (Å²) in [6, 6.07) is 15.4. The van der Waals surface area contributed by atoms with Gasteiger partial charge in [-0.25, -0.2) is 4.98 Å². The van der Waals surface area contributed by atoms with Crippen LogP contribution in [0.15, 0.2) is 54.6 Å². The maximum absolute atomic E-state index is 13.1. The molecule has 2 N–H and O–H groups in total. The lowest BCUT2D eigenvalue weighted by atomic mass is 10.1. The van der Waals surface area contributed by atoms with Crippen molar-refractivity contribution in [1.82, 2.24) is 24.6 Å². The summed E-state index contributed by atoms with van der Waals surface area (Å²) in [6.45, 7) is 4.21. The predicted molar refractivity (Wildman–Crippen MR) is 130 cm³/mol. The highest BCUT2D eigenvalue weighted by molar-refractivity contribution is 5.98. The number of hydrogen-bond acceptors (Lipinski definition) is 6. The number of fused-ring (bicyclic) bond motifs is 1. The molecule has 182 valence electrons. The van der Waals surface area contributed by atoms with E-state index in [4.69, 9.17) is 10.7 Å². The monoisotopic (exact) mass is 481 g/mol. The Hall–Kier alpha value is -3.66. The van der Waals surface area contributed by atoms with Gasteiger partial charge in [-0.15, -0.1) is 0 Å². The topological polar surface area (TPSA) is 76.1 Å². The molecule has 0 spiro atoms. The van der Waals surface area contributed by atoms with Gasteiger partial charge in [-0.3, -0.25) is 9.58 Å². The van der Waals surface area contributed by atoms with Gasteiger partial charge in [0.15, 0.2) is 5.65 Å². The number of benzene rings is 2. The number of halogens is 3. The van der Waals surface area contributed by atoms with Crippen molar-refractivity contribution in [2.75, 3.05) is 43.4 Å². The van der Waals surface area contributed by atoms with Crippen LogP contribution in [0.2, 0.25) is 0 Å². The summed E-state index contributed by atoms with van der Waals surface area (Å²) >= 11 is 0. The molecule has 0 aliphatic carbocycles. The molecule has 10 heteroatoms. The third-order valence-electron chi connectivity index (χ3n) is 6.43. The Morgan fingerprint density at radius 2 is 1.60 bits per heavy atom. The van der Waals surface area contributed by atoms with Gasteiger partial charge in [0.2, 0.25) is 5.95 Å². The summed E-state index contributed by atoms with van der Waals surface area (Å²) in [5, 5.41) is 4.95. The second-order valence-electron chi connectivity index (χ2n) is 8.72. The lowest BCUT2D eigenvalue weighted by Crippen LogP contribution is -2.47. The molecule has 0 bridgehead atoms. The number of alkyl halides is 3. The molecule has 1 fully saturated rings. The first kappa shape index (κ1) is 23.1. The molecule has 2 aromatic heterocycles. The largest absolute Gasteiger partial charge is 0.416 e. The van der Waals surface area contributed by atoms with Crippen molar-refractivity contribution in [1.29, 1.82) is 0 Å². The minimum absolute atomic E-state index is 0.368. The Labute approximate surface area is 201 Å². The molecule has 2 aromatic carbocycles. The van der Waals surface area contributed by atoms with Crippen molar-refractivity contribution in [3.63, 3.8) is 0 Å². The van der Waals surface area contributed by atoms with Crippen LogP contribution in [0.4, 0.5) is 24.9 Å². The van der Waals surface area contributed by atoms with Crippen molar-refractivity contribution in [3.8, 4) is 11.3 Å². The average molecular weight is 482 g/mol. The molecular formula is C25H26F3N7. The Balaban J connectivity index is 1.39. The van der Waals surface area contributed by atoms with Gasteiger partial charge >= 0.3 is 6.18 Å². The zero-order valence-electron chi connectivity index (χ0n) is 19.3. The number of hydrogen-bond donors (Lipinski definition) is 1. The Morgan fingerprint density at radius 3 is 2.26 bits per heavy atom. The van der Waals surface area contributed by atoms with Gasteiger partial charge in [-0.2, -0.15) is 23.3 Å². The summed E-state index contributed by atoms with van der Waals surface area (Å²) in [5.74, 6) is 0.875. The van der Waals surface area contributed by atoms with Crippen LogP contribution in [0.1, 0.15) is 11.1 Å². The van der Waals surface area contributed by atoms with E-state index in [1.807, 2.05) is 6.07 Å².